The lowest BCUT2D eigenvalue weighted by Gasteiger charge is -2.11. The molecule has 0 spiro atoms. The maximum Gasteiger partial charge on any atom is 0.144 e. The van der Waals surface area contributed by atoms with Crippen LogP contribution in [0, 0.1) is 0 Å². The van der Waals surface area contributed by atoms with Crippen LogP contribution in [0.1, 0.15) is 0 Å². The maximum atomic E-state index is 6.62. The predicted octanol–water partition coefficient (Wildman–Crippen LogP) is 13.4. The number of hydrogen-bond acceptors (Lipinski definition) is 4. The molecule has 4 heterocycles. The summed E-state index contributed by atoms with van der Waals surface area (Å²) in [4.78, 5) is 5.19. The van der Waals surface area contributed by atoms with Gasteiger partial charge in [0.25, 0.3) is 0 Å². The Morgan fingerprint density at radius 3 is 2.06 bits per heavy atom. The Kier molecular flexibility index (Phi) is 5.17. The van der Waals surface area contributed by atoms with Crippen LogP contribution in [0.2, 0.25) is 0 Å². The number of aromatic nitrogens is 1. The molecule has 47 heavy (non-hydrogen) atoms. The van der Waals surface area contributed by atoms with E-state index in [1.807, 2.05) is 22.7 Å². The third-order valence-corrected chi connectivity index (χ3v) is 12.0. The average molecular weight is 634 g/mol. The van der Waals surface area contributed by atoms with Crippen LogP contribution in [0.3, 0.4) is 0 Å². The molecule has 4 aromatic heterocycles. The molecule has 0 amide bonds. The number of hydrogen-bond donors (Lipinski definition) is 0. The van der Waals surface area contributed by atoms with Gasteiger partial charge in [0.15, 0.2) is 0 Å². The second kappa shape index (κ2) is 9.49. The van der Waals surface area contributed by atoms with Gasteiger partial charge in [0.2, 0.25) is 0 Å². The molecule has 218 valence electrons. The summed E-state index contributed by atoms with van der Waals surface area (Å²) in [5.41, 5.74) is 7.56. The first-order valence-corrected chi connectivity index (χ1v) is 17.4. The van der Waals surface area contributed by atoms with Crippen LogP contribution in [0.5, 0.6) is 0 Å². The first kappa shape index (κ1) is 25.6. The molecule has 0 atom stereocenters. The van der Waals surface area contributed by atoms with E-state index in [2.05, 4.69) is 140 Å². The summed E-state index contributed by atoms with van der Waals surface area (Å²) in [5.74, 6) is 0. The molecule has 0 fully saturated rings. The van der Waals surface area contributed by atoms with Crippen molar-refractivity contribution in [3.05, 3.63) is 140 Å². The van der Waals surface area contributed by atoms with E-state index in [0.29, 0.717) is 0 Å². The molecule has 0 radical (unpaired) electrons. The molecular formula is C43H23NOS2. The van der Waals surface area contributed by atoms with Crippen LogP contribution < -0.4 is 0 Å². The summed E-state index contributed by atoms with van der Waals surface area (Å²) in [6.07, 6.45) is 0. The van der Waals surface area contributed by atoms with Gasteiger partial charge >= 0.3 is 0 Å². The number of pyridine rings is 1. The molecule has 4 heteroatoms. The van der Waals surface area contributed by atoms with E-state index in [1.165, 1.54) is 67.8 Å². The van der Waals surface area contributed by atoms with Crippen LogP contribution in [-0.4, -0.2) is 4.98 Å². The Balaban J connectivity index is 1.30. The van der Waals surface area contributed by atoms with E-state index in [1.54, 1.807) is 0 Å². The highest BCUT2D eigenvalue weighted by Crippen LogP contribution is 2.51. The van der Waals surface area contributed by atoms with Gasteiger partial charge in [0, 0.05) is 73.2 Å². The second-order valence-corrected chi connectivity index (χ2v) is 14.4. The zero-order valence-electron chi connectivity index (χ0n) is 25.0. The molecular weight excluding hydrogens is 611 g/mol. The van der Waals surface area contributed by atoms with E-state index >= 15 is 0 Å². The molecule has 0 bridgehead atoms. The van der Waals surface area contributed by atoms with Crippen molar-refractivity contribution in [1.29, 1.82) is 0 Å². The summed E-state index contributed by atoms with van der Waals surface area (Å²) in [6.45, 7) is 0. The van der Waals surface area contributed by atoms with Gasteiger partial charge in [-0.05, 0) is 53.2 Å². The predicted molar refractivity (Wildman–Crippen MR) is 203 cm³/mol. The minimum atomic E-state index is 0.924. The number of fused-ring (bicyclic) bond motifs is 12. The normalized spacial score (nSPS) is 12.3. The Labute approximate surface area is 276 Å². The summed E-state index contributed by atoms with van der Waals surface area (Å²) < 4.78 is 11.7. The number of benzene rings is 7. The van der Waals surface area contributed by atoms with Crippen molar-refractivity contribution in [1.82, 2.24) is 4.98 Å². The smallest absolute Gasteiger partial charge is 0.144 e. The quantitative estimate of drug-likeness (QED) is 0.189. The lowest BCUT2D eigenvalue weighted by atomic mass is 9.94. The van der Waals surface area contributed by atoms with Gasteiger partial charge < -0.3 is 4.42 Å². The second-order valence-electron chi connectivity index (χ2n) is 12.3. The van der Waals surface area contributed by atoms with Crippen LogP contribution >= 0.6 is 22.7 Å². The standard InChI is InChI=1S/C43H23NOS2/c1-2-11-26-22-38-33(21-25(26)10-1)39-29(35-20-17-24-9-3-6-14-34(24)44-35)19-18-28(42(39)47-38)32-23-31-27-12-4-7-15-36(27)45-41(31)40-30-13-5-8-16-37(30)46-43(32)40/h1-23H. The van der Waals surface area contributed by atoms with Gasteiger partial charge in [0.05, 0.1) is 11.2 Å². The van der Waals surface area contributed by atoms with Gasteiger partial charge in [-0.15, -0.1) is 22.7 Å². The lowest BCUT2D eigenvalue weighted by molar-refractivity contribution is 0.673. The highest BCUT2D eigenvalue weighted by molar-refractivity contribution is 7.27. The molecule has 0 saturated carbocycles. The first-order chi connectivity index (χ1) is 23.3. The molecule has 0 aliphatic rings. The van der Waals surface area contributed by atoms with E-state index in [-0.39, 0.29) is 0 Å². The lowest BCUT2D eigenvalue weighted by Crippen LogP contribution is -1.88. The number of thiophene rings is 2. The number of rotatable bonds is 2. The van der Waals surface area contributed by atoms with Gasteiger partial charge in [-0.3, -0.25) is 0 Å². The summed E-state index contributed by atoms with van der Waals surface area (Å²) in [6, 6.07) is 50.3. The van der Waals surface area contributed by atoms with Gasteiger partial charge in [-0.2, -0.15) is 0 Å². The number of nitrogens with zero attached hydrogens (tertiary/aromatic N) is 1. The Hall–Kier alpha value is -5.55. The fraction of sp³-hybridized carbons (Fsp3) is 0. The van der Waals surface area contributed by atoms with Crippen molar-refractivity contribution >= 4 is 107 Å². The van der Waals surface area contributed by atoms with E-state index in [9.17, 15) is 0 Å². The zero-order valence-corrected chi connectivity index (χ0v) is 26.6. The minimum absolute atomic E-state index is 0.924. The van der Waals surface area contributed by atoms with Crippen LogP contribution in [0.25, 0.3) is 106 Å². The zero-order chi connectivity index (χ0) is 30.6. The van der Waals surface area contributed by atoms with E-state index in [0.717, 1.165) is 38.5 Å². The highest BCUT2D eigenvalue weighted by Gasteiger charge is 2.23. The van der Waals surface area contributed by atoms with Crippen molar-refractivity contribution in [3.8, 4) is 22.4 Å². The Morgan fingerprint density at radius 2 is 1.15 bits per heavy atom. The largest absolute Gasteiger partial charge is 0.455 e. The van der Waals surface area contributed by atoms with Crippen LogP contribution in [0.15, 0.2) is 144 Å². The SMILES string of the molecule is c1ccc2cc3c(cc2c1)sc1c(-c2cc4c5ccccc5oc4c4c2sc2ccccc24)ccc(-c2ccc4ccccc4n2)c13. The molecule has 0 unspecified atom stereocenters. The van der Waals surface area contributed by atoms with E-state index in [4.69, 9.17) is 9.40 Å². The monoisotopic (exact) mass is 633 g/mol. The van der Waals surface area contributed by atoms with Gasteiger partial charge in [-0.1, -0.05) is 97.1 Å². The topological polar surface area (TPSA) is 26.0 Å². The Bertz CT molecular complexity index is 3090. The van der Waals surface area contributed by atoms with E-state index < -0.39 is 0 Å². The summed E-state index contributed by atoms with van der Waals surface area (Å²) in [7, 11) is 0. The van der Waals surface area contributed by atoms with Crippen LogP contribution in [0.4, 0.5) is 0 Å². The summed E-state index contributed by atoms with van der Waals surface area (Å²) >= 11 is 3.75. The van der Waals surface area contributed by atoms with Crippen molar-refractivity contribution in [2.45, 2.75) is 0 Å². The van der Waals surface area contributed by atoms with Crippen LogP contribution in [-0.2, 0) is 0 Å². The van der Waals surface area contributed by atoms with Crippen molar-refractivity contribution in [2.75, 3.05) is 0 Å². The van der Waals surface area contributed by atoms with Crippen molar-refractivity contribution in [3.63, 3.8) is 0 Å². The molecule has 0 saturated heterocycles. The molecule has 0 N–H and O–H groups in total. The third-order valence-electron chi connectivity index (χ3n) is 9.64. The third kappa shape index (κ3) is 3.62. The molecule has 2 nitrogen and oxygen atoms in total. The fourth-order valence-corrected chi connectivity index (χ4v) is 9.99. The molecule has 0 aliphatic heterocycles. The number of para-hydroxylation sites is 2. The Morgan fingerprint density at radius 1 is 0.447 bits per heavy atom. The molecule has 0 aliphatic carbocycles. The first-order valence-electron chi connectivity index (χ1n) is 15.8. The average Bonchev–Trinajstić information content (AvgIpc) is 3.81. The molecule has 11 aromatic rings. The molecule has 11 rings (SSSR count). The van der Waals surface area contributed by atoms with Crippen molar-refractivity contribution in [2.24, 2.45) is 0 Å². The number of furan rings is 1. The fourth-order valence-electron chi connectivity index (χ4n) is 7.47. The molecule has 7 aromatic carbocycles. The summed E-state index contributed by atoms with van der Waals surface area (Å²) in [5, 5.41) is 11.0. The minimum Gasteiger partial charge on any atom is -0.455 e. The maximum absolute atomic E-state index is 6.62. The van der Waals surface area contributed by atoms with Crippen molar-refractivity contribution < 1.29 is 4.42 Å². The highest BCUT2D eigenvalue weighted by atomic mass is 32.1. The van der Waals surface area contributed by atoms with Gasteiger partial charge in [0.1, 0.15) is 11.2 Å². The van der Waals surface area contributed by atoms with Gasteiger partial charge in [-0.25, -0.2) is 4.98 Å².